The molecule has 1 saturated heterocycles. The van der Waals surface area contributed by atoms with E-state index in [0.29, 0.717) is 19.6 Å². The van der Waals surface area contributed by atoms with Crippen molar-refractivity contribution >= 4 is 11.8 Å². The topological polar surface area (TPSA) is 61.4 Å². The zero-order chi connectivity index (χ0) is 13.9. The van der Waals surface area contributed by atoms with Crippen LogP contribution in [0.1, 0.15) is 45.4 Å². The van der Waals surface area contributed by atoms with Crippen LogP contribution in [0.5, 0.6) is 0 Å². The first kappa shape index (κ1) is 16.0. The van der Waals surface area contributed by atoms with Gasteiger partial charge in [-0.1, -0.05) is 39.0 Å². The fraction of sp³-hybridized carbons (Fsp3) is 0.857. The smallest absolute Gasteiger partial charge is 0.311 e. The minimum atomic E-state index is -0.449. The van der Waals surface area contributed by atoms with E-state index in [-0.39, 0.29) is 5.91 Å². The maximum absolute atomic E-state index is 11.8. The molecule has 1 aliphatic rings. The van der Waals surface area contributed by atoms with E-state index in [1.807, 2.05) is 0 Å². The van der Waals surface area contributed by atoms with Crippen molar-refractivity contribution in [2.45, 2.75) is 45.4 Å². The van der Waals surface area contributed by atoms with Crippen LogP contribution >= 0.6 is 0 Å². The van der Waals surface area contributed by atoms with Gasteiger partial charge < -0.3 is 15.5 Å². The Kier molecular flexibility index (Phi) is 8.21. The molecule has 0 atom stereocenters. The Morgan fingerprint density at radius 3 is 2.37 bits per heavy atom. The third kappa shape index (κ3) is 6.57. The molecular weight excluding hydrogens is 242 g/mol. The van der Waals surface area contributed by atoms with Gasteiger partial charge in [0.25, 0.3) is 0 Å². The second-order valence-electron chi connectivity index (χ2n) is 5.07. The predicted octanol–water partition coefficient (Wildman–Crippen LogP) is 0.895. The first-order valence-electron chi connectivity index (χ1n) is 7.53. The van der Waals surface area contributed by atoms with Gasteiger partial charge in [0.15, 0.2) is 0 Å². The van der Waals surface area contributed by atoms with Crippen molar-refractivity contribution in [1.82, 2.24) is 15.5 Å². The molecule has 110 valence electrons. The summed E-state index contributed by atoms with van der Waals surface area (Å²) in [5.41, 5.74) is 0. The van der Waals surface area contributed by atoms with E-state index in [0.717, 1.165) is 25.9 Å². The van der Waals surface area contributed by atoms with Crippen molar-refractivity contribution in [3.63, 3.8) is 0 Å². The molecule has 0 spiro atoms. The van der Waals surface area contributed by atoms with Gasteiger partial charge >= 0.3 is 11.8 Å². The number of unbranched alkanes of at least 4 members (excludes halogenated alkanes) is 5. The van der Waals surface area contributed by atoms with E-state index in [1.54, 1.807) is 4.90 Å². The van der Waals surface area contributed by atoms with Gasteiger partial charge in [-0.2, -0.15) is 0 Å². The predicted molar refractivity (Wildman–Crippen MR) is 75.8 cm³/mol. The number of hydrogen-bond donors (Lipinski definition) is 2. The minimum Gasteiger partial charge on any atom is -0.348 e. The molecule has 0 aromatic heterocycles. The molecule has 2 N–H and O–H groups in total. The van der Waals surface area contributed by atoms with E-state index in [1.165, 1.54) is 25.7 Å². The van der Waals surface area contributed by atoms with Gasteiger partial charge in [0, 0.05) is 32.7 Å². The van der Waals surface area contributed by atoms with Crippen LogP contribution in [0, 0.1) is 0 Å². The highest BCUT2D eigenvalue weighted by molar-refractivity contribution is 6.35. The molecule has 0 saturated carbocycles. The molecule has 0 radical (unpaired) electrons. The summed E-state index contributed by atoms with van der Waals surface area (Å²) in [6, 6.07) is 0. The molecule has 0 aromatic carbocycles. The number of hydrogen-bond acceptors (Lipinski definition) is 3. The summed E-state index contributed by atoms with van der Waals surface area (Å²) in [4.78, 5) is 25.1. The summed E-state index contributed by atoms with van der Waals surface area (Å²) < 4.78 is 0. The lowest BCUT2D eigenvalue weighted by Crippen LogP contribution is -2.51. The maximum atomic E-state index is 11.8. The Balaban J connectivity index is 2.04. The van der Waals surface area contributed by atoms with Gasteiger partial charge in [-0.15, -0.1) is 0 Å². The quantitative estimate of drug-likeness (QED) is 0.533. The number of nitrogens with one attached hydrogen (secondary N) is 2. The van der Waals surface area contributed by atoms with Gasteiger partial charge in [0.05, 0.1) is 0 Å². The van der Waals surface area contributed by atoms with Crippen molar-refractivity contribution < 1.29 is 9.59 Å². The first-order chi connectivity index (χ1) is 9.25. The van der Waals surface area contributed by atoms with Gasteiger partial charge in [0.1, 0.15) is 0 Å². The Morgan fingerprint density at radius 1 is 1.05 bits per heavy atom. The molecule has 19 heavy (non-hydrogen) atoms. The van der Waals surface area contributed by atoms with Crippen molar-refractivity contribution in [1.29, 1.82) is 0 Å². The van der Waals surface area contributed by atoms with Crippen molar-refractivity contribution in [2.24, 2.45) is 0 Å². The SMILES string of the molecule is CCCCCCCCNC(=O)C(=O)N1CCNCC1. The molecule has 0 unspecified atom stereocenters. The lowest BCUT2D eigenvalue weighted by Gasteiger charge is -2.26. The number of carbonyl (C=O) groups excluding carboxylic acids is 2. The number of nitrogens with zero attached hydrogens (tertiary/aromatic N) is 1. The summed E-state index contributed by atoms with van der Waals surface area (Å²) >= 11 is 0. The Hall–Kier alpha value is -1.10. The molecule has 5 heteroatoms. The molecule has 1 fully saturated rings. The molecule has 1 rings (SSSR count). The minimum absolute atomic E-state index is 0.382. The molecule has 0 aromatic rings. The molecule has 1 heterocycles. The number of piperazine rings is 1. The normalized spacial score (nSPS) is 15.3. The summed E-state index contributed by atoms with van der Waals surface area (Å²) in [5.74, 6) is -0.831. The highest BCUT2D eigenvalue weighted by Crippen LogP contribution is 2.04. The average Bonchev–Trinajstić information content (AvgIpc) is 2.46. The number of rotatable bonds is 7. The van der Waals surface area contributed by atoms with E-state index < -0.39 is 5.91 Å². The van der Waals surface area contributed by atoms with Gasteiger partial charge in [-0.3, -0.25) is 9.59 Å². The summed E-state index contributed by atoms with van der Waals surface area (Å²) in [6.07, 6.45) is 7.11. The highest BCUT2D eigenvalue weighted by atomic mass is 16.2. The van der Waals surface area contributed by atoms with Crippen LogP contribution in [-0.2, 0) is 9.59 Å². The van der Waals surface area contributed by atoms with Crippen LogP contribution in [0.3, 0.4) is 0 Å². The lowest BCUT2D eigenvalue weighted by molar-refractivity contribution is -0.146. The Morgan fingerprint density at radius 2 is 1.68 bits per heavy atom. The van der Waals surface area contributed by atoms with Crippen LogP contribution in [-0.4, -0.2) is 49.4 Å². The molecule has 2 amide bonds. The van der Waals surface area contributed by atoms with Gasteiger partial charge in [0.2, 0.25) is 0 Å². The van der Waals surface area contributed by atoms with Crippen LogP contribution in [0.15, 0.2) is 0 Å². The lowest BCUT2D eigenvalue weighted by atomic mass is 10.1. The summed E-state index contributed by atoms with van der Waals surface area (Å²) in [7, 11) is 0. The fourth-order valence-corrected chi connectivity index (χ4v) is 2.19. The van der Waals surface area contributed by atoms with Gasteiger partial charge in [-0.25, -0.2) is 0 Å². The number of amides is 2. The largest absolute Gasteiger partial charge is 0.348 e. The fourth-order valence-electron chi connectivity index (χ4n) is 2.19. The zero-order valence-corrected chi connectivity index (χ0v) is 12.0. The Labute approximate surface area is 116 Å². The first-order valence-corrected chi connectivity index (χ1v) is 7.53. The molecule has 0 bridgehead atoms. The van der Waals surface area contributed by atoms with Gasteiger partial charge in [-0.05, 0) is 6.42 Å². The molecule has 5 nitrogen and oxygen atoms in total. The van der Waals surface area contributed by atoms with Crippen LogP contribution < -0.4 is 10.6 Å². The monoisotopic (exact) mass is 269 g/mol. The van der Waals surface area contributed by atoms with E-state index in [2.05, 4.69) is 17.6 Å². The highest BCUT2D eigenvalue weighted by Gasteiger charge is 2.22. The average molecular weight is 269 g/mol. The number of carbonyl (C=O) groups is 2. The standard InChI is InChI=1S/C14H27N3O2/c1-2-3-4-5-6-7-8-16-13(18)14(19)17-11-9-15-10-12-17/h15H,2-12H2,1H3,(H,16,18). The maximum Gasteiger partial charge on any atom is 0.311 e. The van der Waals surface area contributed by atoms with Crippen molar-refractivity contribution in [2.75, 3.05) is 32.7 Å². The summed E-state index contributed by atoms with van der Waals surface area (Å²) in [6.45, 7) is 5.62. The third-order valence-corrected chi connectivity index (χ3v) is 3.41. The zero-order valence-electron chi connectivity index (χ0n) is 12.0. The molecule has 1 aliphatic heterocycles. The second-order valence-corrected chi connectivity index (χ2v) is 5.07. The second kappa shape index (κ2) is 9.78. The molecule has 0 aliphatic carbocycles. The van der Waals surface area contributed by atoms with Crippen LogP contribution in [0.25, 0.3) is 0 Å². The van der Waals surface area contributed by atoms with E-state index in [4.69, 9.17) is 0 Å². The van der Waals surface area contributed by atoms with Crippen molar-refractivity contribution in [3.8, 4) is 0 Å². The third-order valence-electron chi connectivity index (χ3n) is 3.41. The van der Waals surface area contributed by atoms with Crippen LogP contribution in [0.2, 0.25) is 0 Å². The van der Waals surface area contributed by atoms with E-state index >= 15 is 0 Å². The summed E-state index contributed by atoms with van der Waals surface area (Å²) in [5, 5.41) is 5.88. The van der Waals surface area contributed by atoms with E-state index in [9.17, 15) is 9.59 Å². The Bertz CT molecular complexity index is 276. The van der Waals surface area contributed by atoms with Crippen molar-refractivity contribution in [3.05, 3.63) is 0 Å². The van der Waals surface area contributed by atoms with Crippen LogP contribution in [0.4, 0.5) is 0 Å². The molecular formula is C14H27N3O2.